The van der Waals surface area contributed by atoms with Crippen molar-refractivity contribution >= 4 is 23.4 Å². The summed E-state index contributed by atoms with van der Waals surface area (Å²) in [6, 6.07) is 9.80. The number of aryl methyl sites for hydroxylation is 1. The third kappa shape index (κ3) is 4.55. The van der Waals surface area contributed by atoms with Gasteiger partial charge in [-0.3, -0.25) is 9.69 Å². The fraction of sp³-hybridized carbons (Fsp3) is 0.227. The first-order chi connectivity index (χ1) is 14.7. The average Bonchev–Trinajstić information content (AvgIpc) is 3.02. The van der Waals surface area contributed by atoms with Gasteiger partial charge in [0.1, 0.15) is 11.5 Å². The number of aromatic nitrogens is 2. The zero-order valence-corrected chi connectivity index (χ0v) is 17.6. The monoisotopic (exact) mass is 428 g/mol. The summed E-state index contributed by atoms with van der Waals surface area (Å²) in [6.07, 6.45) is -0.481. The molecule has 9 heteroatoms. The van der Waals surface area contributed by atoms with Gasteiger partial charge < -0.3 is 10.1 Å². The van der Waals surface area contributed by atoms with Crippen LogP contribution < -0.4 is 10.2 Å². The first kappa shape index (κ1) is 21.9. The normalized spacial score (nSPS) is 10.6. The number of halogens is 2. The molecule has 0 atom stereocenters. The Morgan fingerprint density at radius 3 is 2.42 bits per heavy atom. The molecule has 0 spiro atoms. The predicted molar refractivity (Wildman–Crippen MR) is 113 cm³/mol. The molecule has 0 aliphatic heterocycles. The quantitative estimate of drug-likeness (QED) is 0.644. The van der Waals surface area contributed by atoms with Gasteiger partial charge in [0.25, 0.3) is 5.91 Å². The minimum atomic E-state index is -0.779. The third-order valence-corrected chi connectivity index (χ3v) is 4.71. The van der Waals surface area contributed by atoms with Crippen LogP contribution in [0.25, 0.3) is 5.69 Å². The zero-order valence-electron chi connectivity index (χ0n) is 17.6. The maximum atomic E-state index is 14.2. The van der Waals surface area contributed by atoms with E-state index in [1.807, 2.05) is 0 Å². The molecule has 1 N–H and O–H groups in total. The van der Waals surface area contributed by atoms with Crippen LogP contribution in [-0.4, -0.2) is 35.4 Å². The number of hydrogen-bond donors (Lipinski definition) is 1. The van der Waals surface area contributed by atoms with E-state index in [9.17, 15) is 18.4 Å². The molecule has 2 aromatic carbocycles. The molecule has 3 aromatic rings. The molecule has 3 rings (SSSR count). The number of rotatable bonds is 5. The van der Waals surface area contributed by atoms with E-state index in [0.29, 0.717) is 22.8 Å². The first-order valence-corrected chi connectivity index (χ1v) is 9.56. The van der Waals surface area contributed by atoms with Crippen LogP contribution in [0.2, 0.25) is 0 Å². The van der Waals surface area contributed by atoms with Crippen molar-refractivity contribution in [2.75, 3.05) is 23.9 Å². The summed E-state index contributed by atoms with van der Waals surface area (Å²) >= 11 is 0. The summed E-state index contributed by atoms with van der Waals surface area (Å²) in [5, 5.41) is 7.01. The highest BCUT2D eigenvalue weighted by Gasteiger charge is 2.21. The van der Waals surface area contributed by atoms with Gasteiger partial charge in [-0.25, -0.2) is 18.3 Å². The lowest BCUT2D eigenvalue weighted by molar-refractivity contribution is 0.102. The van der Waals surface area contributed by atoms with Crippen LogP contribution in [0.4, 0.5) is 25.0 Å². The lowest BCUT2D eigenvalue weighted by Gasteiger charge is -2.17. The second kappa shape index (κ2) is 8.95. The number of hydrogen-bond acceptors (Lipinski definition) is 4. The molecule has 0 aliphatic rings. The van der Waals surface area contributed by atoms with E-state index in [1.54, 1.807) is 52.1 Å². The molecule has 1 aromatic heterocycles. The molecule has 0 saturated heterocycles. The Morgan fingerprint density at radius 1 is 1.13 bits per heavy atom. The number of ether oxygens (including phenoxy) is 1. The summed E-state index contributed by atoms with van der Waals surface area (Å²) in [5.41, 5.74) is 2.26. The lowest BCUT2D eigenvalue weighted by Crippen LogP contribution is -2.26. The molecule has 2 amide bonds. The molecule has 31 heavy (non-hydrogen) atoms. The van der Waals surface area contributed by atoms with Crippen molar-refractivity contribution in [1.82, 2.24) is 9.78 Å². The van der Waals surface area contributed by atoms with Crippen molar-refractivity contribution in [3.8, 4) is 5.69 Å². The Bertz CT molecular complexity index is 1130. The highest BCUT2D eigenvalue weighted by atomic mass is 19.1. The van der Waals surface area contributed by atoms with Crippen LogP contribution in [0.5, 0.6) is 0 Å². The molecular weight excluding hydrogens is 406 g/mol. The van der Waals surface area contributed by atoms with E-state index in [1.165, 1.54) is 15.6 Å². The molecule has 0 bridgehead atoms. The number of carbonyl (C=O) groups is 2. The van der Waals surface area contributed by atoms with E-state index in [2.05, 4.69) is 10.4 Å². The van der Waals surface area contributed by atoms with Gasteiger partial charge in [0.05, 0.1) is 23.6 Å². The Hall–Kier alpha value is -3.75. The van der Waals surface area contributed by atoms with Gasteiger partial charge in [0.2, 0.25) is 0 Å². The van der Waals surface area contributed by atoms with Crippen molar-refractivity contribution < 1.29 is 23.1 Å². The van der Waals surface area contributed by atoms with Gasteiger partial charge >= 0.3 is 6.09 Å². The van der Waals surface area contributed by atoms with Crippen LogP contribution in [-0.2, 0) is 4.74 Å². The Labute approximate surface area is 178 Å². The lowest BCUT2D eigenvalue weighted by atomic mass is 10.1. The fourth-order valence-electron chi connectivity index (χ4n) is 3.15. The number of anilines is 2. The molecule has 7 nitrogen and oxygen atoms in total. The summed E-state index contributed by atoms with van der Waals surface area (Å²) in [5.74, 6) is -1.90. The molecule has 162 valence electrons. The minimum absolute atomic E-state index is 0.0485. The number of nitrogens with zero attached hydrogens (tertiary/aromatic N) is 3. The van der Waals surface area contributed by atoms with E-state index >= 15 is 0 Å². The van der Waals surface area contributed by atoms with Gasteiger partial charge in [-0.2, -0.15) is 5.10 Å². The largest absolute Gasteiger partial charge is 0.449 e. The highest BCUT2D eigenvalue weighted by molar-refractivity contribution is 6.06. The van der Waals surface area contributed by atoms with Crippen molar-refractivity contribution in [2.24, 2.45) is 0 Å². The van der Waals surface area contributed by atoms with Gasteiger partial charge in [-0.15, -0.1) is 0 Å². The molecule has 0 radical (unpaired) electrons. The summed E-state index contributed by atoms with van der Waals surface area (Å²) in [4.78, 5) is 26.0. The van der Waals surface area contributed by atoms with Gasteiger partial charge in [0, 0.05) is 24.5 Å². The number of benzene rings is 2. The topological polar surface area (TPSA) is 76.5 Å². The summed E-state index contributed by atoms with van der Waals surface area (Å²) in [7, 11) is 1.58. The van der Waals surface area contributed by atoms with Crippen molar-refractivity contribution in [1.29, 1.82) is 0 Å². The predicted octanol–water partition coefficient (Wildman–Crippen LogP) is 4.61. The van der Waals surface area contributed by atoms with Crippen LogP contribution in [0, 0.1) is 25.5 Å². The summed E-state index contributed by atoms with van der Waals surface area (Å²) < 4.78 is 33.6. The molecule has 0 fully saturated rings. The van der Waals surface area contributed by atoms with Crippen molar-refractivity contribution in [3.63, 3.8) is 0 Å². The van der Waals surface area contributed by atoms with Crippen LogP contribution in [0.3, 0.4) is 0 Å². The number of amides is 2. The Morgan fingerprint density at radius 2 is 1.81 bits per heavy atom. The van der Waals surface area contributed by atoms with E-state index in [-0.39, 0.29) is 17.9 Å². The van der Waals surface area contributed by atoms with Crippen molar-refractivity contribution in [3.05, 3.63) is 71.1 Å². The number of nitrogens with one attached hydrogen (secondary N) is 1. The second-order valence-corrected chi connectivity index (χ2v) is 6.81. The Kier molecular flexibility index (Phi) is 6.33. The molecule has 1 heterocycles. The zero-order chi connectivity index (χ0) is 22.7. The van der Waals surface area contributed by atoms with Crippen molar-refractivity contribution in [2.45, 2.75) is 20.8 Å². The average molecular weight is 428 g/mol. The highest BCUT2D eigenvalue weighted by Crippen LogP contribution is 2.23. The van der Waals surface area contributed by atoms with Crippen LogP contribution in [0.1, 0.15) is 28.7 Å². The maximum Gasteiger partial charge on any atom is 0.413 e. The fourth-order valence-corrected chi connectivity index (χ4v) is 3.15. The number of carbonyl (C=O) groups excluding carboxylic acids is 2. The smallest absolute Gasteiger partial charge is 0.413 e. The van der Waals surface area contributed by atoms with E-state index < -0.39 is 23.6 Å². The van der Waals surface area contributed by atoms with Gasteiger partial charge in [0.15, 0.2) is 5.82 Å². The minimum Gasteiger partial charge on any atom is -0.449 e. The second-order valence-electron chi connectivity index (χ2n) is 6.81. The van der Waals surface area contributed by atoms with Crippen LogP contribution in [0.15, 0.2) is 42.5 Å². The third-order valence-electron chi connectivity index (χ3n) is 4.71. The van der Waals surface area contributed by atoms with E-state index in [4.69, 9.17) is 4.74 Å². The summed E-state index contributed by atoms with van der Waals surface area (Å²) in [6.45, 7) is 5.26. The molecule has 0 unspecified atom stereocenters. The first-order valence-electron chi connectivity index (χ1n) is 9.56. The van der Waals surface area contributed by atoms with Gasteiger partial charge in [-0.1, -0.05) is 0 Å². The molecule has 0 saturated carbocycles. The van der Waals surface area contributed by atoms with Gasteiger partial charge in [-0.05, 0) is 57.2 Å². The molecular formula is C22H22F2N4O3. The molecule has 0 aliphatic carbocycles. The Balaban J connectivity index is 1.81. The standard InChI is InChI=1S/C22H22F2N4O3/c1-5-31-22(30)27(4)17-9-7-16(8-10-17)25-21(29)20-13(2)26-28(14(20)3)19-11-6-15(23)12-18(19)24/h6-12H,5H2,1-4H3,(H,25,29). The maximum absolute atomic E-state index is 14.2. The van der Waals surface area contributed by atoms with Crippen LogP contribution >= 0.6 is 0 Å². The SMILES string of the molecule is CCOC(=O)N(C)c1ccc(NC(=O)c2c(C)nn(-c3ccc(F)cc3F)c2C)cc1. The van der Waals surface area contributed by atoms with E-state index in [0.717, 1.165) is 12.1 Å².